The zero-order chi connectivity index (χ0) is 21.8. The van der Waals surface area contributed by atoms with Crippen molar-refractivity contribution in [1.29, 1.82) is 5.26 Å². The molecule has 1 aromatic heterocycles. The first-order chi connectivity index (χ1) is 14.5. The Morgan fingerprint density at radius 2 is 1.63 bits per heavy atom. The smallest absolute Gasteiger partial charge is 0.331 e. The highest BCUT2D eigenvalue weighted by Gasteiger charge is 2.35. The molecule has 5 heteroatoms. The fourth-order valence-corrected chi connectivity index (χ4v) is 3.21. The minimum Gasteiger partial charge on any atom is -0.425 e. The molecule has 1 heterocycles. The average Bonchev–Trinajstić information content (AvgIpc) is 2.78. The summed E-state index contributed by atoms with van der Waals surface area (Å²) < 4.78 is 5.49. The zero-order valence-corrected chi connectivity index (χ0v) is 18.5. The average molecular weight is 408 g/mol. The third-order valence-electron chi connectivity index (χ3n) is 5.32. The van der Waals surface area contributed by atoms with Crippen LogP contribution in [0.3, 0.4) is 0 Å². The van der Waals surface area contributed by atoms with Gasteiger partial charge in [-0.1, -0.05) is 52.4 Å². The number of carbonyl (C=O) groups is 1. The number of aryl methyl sites for hydroxylation is 1. The van der Waals surface area contributed by atoms with Crippen molar-refractivity contribution < 1.29 is 9.53 Å². The van der Waals surface area contributed by atoms with Gasteiger partial charge in [-0.3, -0.25) is 0 Å². The van der Waals surface area contributed by atoms with Crippen LogP contribution in [-0.4, -0.2) is 15.9 Å². The molecule has 1 atom stereocenters. The number of hydrogen-bond donors (Lipinski definition) is 0. The van der Waals surface area contributed by atoms with Crippen molar-refractivity contribution in [1.82, 2.24) is 9.97 Å². The molecule has 0 amide bonds. The highest BCUT2D eigenvalue weighted by molar-refractivity contribution is 5.81. The van der Waals surface area contributed by atoms with Gasteiger partial charge in [-0.15, -0.1) is 0 Å². The van der Waals surface area contributed by atoms with Crippen LogP contribution in [0.4, 0.5) is 0 Å². The molecular weight excluding hydrogens is 374 g/mol. The fourth-order valence-electron chi connectivity index (χ4n) is 3.21. The number of nitriles is 1. The summed E-state index contributed by atoms with van der Waals surface area (Å²) in [6.45, 7) is 5.98. The van der Waals surface area contributed by atoms with E-state index in [0.29, 0.717) is 18.0 Å². The Labute approximate surface area is 180 Å². The summed E-state index contributed by atoms with van der Waals surface area (Å²) in [5.74, 6) is 0.571. The quantitative estimate of drug-likeness (QED) is 0.235. The van der Waals surface area contributed by atoms with Crippen molar-refractivity contribution in [3.63, 3.8) is 0 Å². The summed E-state index contributed by atoms with van der Waals surface area (Å²) in [5.41, 5.74) is 0.883. The fraction of sp³-hybridized carbons (Fsp3) is 0.520. The van der Waals surface area contributed by atoms with E-state index in [-0.39, 0.29) is 0 Å². The molecule has 2 rings (SSSR count). The van der Waals surface area contributed by atoms with E-state index in [2.05, 4.69) is 29.9 Å². The van der Waals surface area contributed by atoms with E-state index >= 15 is 0 Å². The van der Waals surface area contributed by atoms with Crippen LogP contribution in [0, 0.1) is 16.7 Å². The molecule has 0 radical (unpaired) electrons. The number of benzene rings is 1. The second-order valence-electron chi connectivity index (χ2n) is 8.04. The SMILES string of the molecule is CCCCCCC(C)(C#N)C(=O)Oc1ccc(-c2ncc(CCCCC)cn2)cc1. The van der Waals surface area contributed by atoms with Crippen molar-refractivity contribution in [3.05, 3.63) is 42.2 Å². The maximum atomic E-state index is 12.6. The molecule has 0 saturated carbocycles. The maximum absolute atomic E-state index is 12.6. The number of rotatable bonds is 12. The van der Waals surface area contributed by atoms with E-state index in [1.807, 2.05) is 24.5 Å². The Morgan fingerprint density at radius 3 is 2.23 bits per heavy atom. The molecular formula is C25H33N3O2. The second-order valence-corrected chi connectivity index (χ2v) is 8.04. The third-order valence-corrected chi connectivity index (χ3v) is 5.32. The van der Waals surface area contributed by atoms with E-state index in [0.717, 1.165) is 49.7 Å². The molecule has 30 heavy (non-hydrogen) atoms. The highest BCUT2D eigenvalue weighted by atomic mass is 16.5. The van der Waals surface area contributed by atoms with Crippen molar-refractivity contribution in [2.45, 2.75) is 78.6 Å². The maximum Gasteiger partial charge on any atom is 0.331 e. The molecule has 0 saturated heterocycles. The Kier molecular flexibility index (Phi) is 9.47. The van der Waals surface area contributed by atoms with Crippen LogP contribution in [0.15, 0.2) is 36.7 Å². The summed E-state index contributed by atoms with van der Waals surface area (Å²) in [7, 11) is 0. The predicted molar refractivity (Wildman–Crippen MR) is 119 cm³/mol. The lowest BCUT2D eigenvalue weighted by Crippen LogP contribution is -2.30. The van der Waals surface area contributed by atoms with Gasteiger partial charge in [-0.25, -0.2) is 14.8 Å². The standard InChI is InChI=1S/C25H33N3O2/c1-4-6-8-10-16-25(3,19-26)24(29)30-22-14-12-21(13-15-22)23-27-17-20(18-28-23)11-9-7-5-2/h12-15,17-18H,4-11,16H2,1-3H3. The van der Waals surface area contributed by atoms with E-state index in [9.17, 15) is 10.1 Å². The van der Waals surface area contributed by atoms with E-state index in [1.165, 1.54) is 12.8 Å². The van der Waals surface area contributed by atoms with E-state index in [1.54, 1.807) is 19.1 Å². The highest BCUT2D eigenvalue weighted by Crippen LogP contribution is 2.28. The van der Waals surface area contributed by atoms with Gasteiger partial charge in [-0.2, -0.15) is 5.26 Å². The van der Waals surface area contributed by atoms with Crippen LogP contribution in [0.25, 0.3) is 11.4 Å². The molecule has 160 valence electrons. The molecule has 0 spiro atoms. The molecule has 0 N–H and O–H groups in total. The van der Waals surface area contributed by atoms with Gasteiger partial charge in [-0.05, 0) is 56.0 Å². The monoisotopic (exact) mass is 407 g/mol. The van der Waals surface area contributed by atoms with Crippen LogP contribution in [0.2, 0.25) is 0 Å². The minimum absolute atomic E-state index is 0.426. The topological polar surface area (TPSA) is 75.9 Å². The van der Waals surface area contributed by atoms with Crippen LogP contribution in [-0.2, 0) is 11.2 Å². The summed E-state index contributed by atoms with van der Waals surface area (Å²) in [6, 6.07) is 9.25. The second kappa shape index (κ2) is 12.1. The molecule has 1 aromatic carbocycles. The largest absolute Gasteiger partial charge is 0.425 e. The first kappa shape index (κ1) is 23.5. The number of unbranched alkanes of at least 4 members (excludes halogenated alkanes) is 5. The lowest BCUT2D eigenvalue weighted by atomic mass is 9.86. The Bertz CT molecular complexity index is 825. The number of carbonyl (C=O) groups excluding carboxylic acids is 1. The van der Waals surface area contributed by atoms with Crippen molar-refractivity contribution >= 4 is 5.97 Å². The minimum atomic E-state index is -1.12. The molecule has 0 aliphatic rings. The first-order valence-corrected chi connectivity index (χ1v) is 11.1. The lowest BCUT2D eigenvalue weighted by Gasteiger charge is -2.19. The molecule has 2 aromatic rings. The van der Waals surface area contributed by atoms with Crippen LogP contribution < -0.4 is 4.74 Å². The normalized spacial score (nSPS) is 12.7. The first-order valence-electron chi connectivity index (χ1n) is 11.1. The lowest BCUT2D eigenvalue weighted by molar-refractivity contribution is -0.142. The molecule has 0 aliphatic heterocycles. The van der Waals surface area contributed by atoms with Gasteiger partial charge in [0.05, 0.1) is 6.07 Å². The van der Waals surface area contributed by atoms with Crippen LogP contribution in [0.5, 0.6) is 5.75 Å². The van der Waals surface area contributed by atoms with Gasteiger partial charge in [0.15, 0.2) is 11.2 Å². The van der Waals surface area contributed by atoms with Gasteiger partial charge in [0.25, 0.3) is 0 Å². The van der Waals surface area contributed by atoms with Crippen molar-refractivity contribution in [2.75, 3.05) is 0 Å². The van der Waals surface area contributed by atoms with Gasteiger partial charge in [0.1, 0.15) is 5.75 Å². The molecule has 1 unspecified atom stereocenters. The number of nitrogens with zero attached hydrogens (tertiary/aromatic N) is 3. The van der Waals surface area contributed by atoms with Gasteiger partial charge in [0.2, 0.25) is 0 Å². The summed E-state index contributed by atoms with van der Waals surface area (Å²) >= 11 is 0. The predicted octanol–water partition coefficient (Wildman–Crippen LogP) is 6.28. The molecule has 0 bridgehead atoms. The number of aromatic nitrogens is 2. The molecule has 5 nitrogen and oxygen atoms in total. The summed E-state index contributed by atoms with van der Waals surface area (Å²) in [5, 5.41) is 9.51. The Morgan fingerprint density at radius 1 is 1.00 bits per heavy atom. The summed E-state index contributed by atoms with van der Waals surface area (Å²) in [4.78, 5) is 21.5. The third kappa shape index (κ3) is 6.95. The van der Waals surface area contributed by atoms with Gasteiger partial charge < -0.3 is 4.74 Å². The van der Waals surface area contributed by atoms with Gasteiger partial charge in [0, 0.05) is 18.0 Å². The number of hydrogen-bond acceptors (Lipinski definition) is 5. The zero-order valence-electron chi connectivity index (χ0n) is 18.5. The van der Waals surface area contributed by atoms with Crippen LogP contribution in [0.1, 0.15) is 77.7 Å². The Balaban J connectivity index is 1.96. The number of ether oxygens (including phenoxy) is 1. The molecule has 0 aliphatic carbocycles. The summed E-state index contributed by atoms with van der Waals surface area (Å²) in [6.07, 6.45) is 12.9. The van der Waals surface area contributed by atoms with E-state index in [4.69, 9.17) is 4.74 Å². The van der Waals surface area contributed by atoms with Crippen molar-refractivity contribution in [3.8, 4) is 23.2 Å². The van der Waals surface area contributed by atoms with Crippen LogP contribution >= 0.6 is 0 Å². The Hall–Kier alpha value is -2.74. The van der Waals surface area contributed by atoms with Crippen molar-refractivity contribution in [2.24, 2.45) is 5.41 Å². The van der Waals surface area contributed by atoms with Gasteiger partial charge >= 0.3 is 5.97 Å². The van der Waals surface area contributed by atoms with E-state index < -0.39 is 11.4 Å². The number of esters is 1. The molecule has 0 fully saturated rings.